The average Bonchev–Trinajstić information content (AvgIpc) is 2.33. The predicted octanol–water partition coefficient (Wildman–Crippen LogP) is 0.951. The highest BCUT2D eigenvalue weighted by atomic mass is 35.5. The van der Waals surface area contributed by atoms with Gasteiger partial charge >= 0.3 is 0 Å². The van der Waals surface area contributed by atoms with E-state index in [-0.39, 0.29) is 36.8 Å². The Bertz CT molecular complexity index is 185. The number of rotatable bonds is 10. The van der Waals surface area contributed by atoms with Gasteiger partial charge in [-0.2, -0.15) is 0 Å². The largest absolute Gasteiger partial charge is 0.392 e. The summed E-state index contributed by atoms with van der Waals surface area (Å²) in [6, 6.07) is 0. The number of hydrogen-bond acceptors (Lipinski definition) is 4. The Morgan fingerprint density at radius 3 is 1.76 bits per heavy atom. The van der Waals surface area contributed by atoms with Gasteiger partial charge in [-0.1, -0.05) is 0 Å². The van der Waals surface area contributed by atoms with Gasteiger partial charge in [-0.3, -0.25) is 0 Å². The molecule has 17 heavy (non-hydrogen) atoms. The molecule has 0 aromatic rings. The van der Waals surface area contributed by atoms with Crippen LogP contribution < -0.4 is 0 Å². The SMILES string of the molecule is OC(CCl)CC(O)COC(CCl)CC(O)CCl. The second kappa shape index (κ2) is 10.6. The van der Waals surface area contributed by atoms with Crippen LogP contribution in [-0.2, 0) is 4.74 Å². The minimum atomic E-state index is -0.803. The van der Waals surface area contributed by atoms with Crippen LogP contribution in [0.4, 0.5) is 0 Å². The number of hydrogen-bond donors (Lipinski definition) is 3. The zero-order chi connectivity index (χ0) is 13.3. The van der Waals surface area contributed by atoms with Crippen molar-refractivity contribution in [2.75, 3.05) is 24.2 Å². The van der Waals surface area contributed by atoms with Gasteiger partial charge in [0.25, 0.3) is 0 Å². The molecule has 0 bridgehead atoms. The molecule has 4 unspecified atom stereocenters. The summed E-state index contributed by atoms with van der Waals surface area (Å²) in [4.78, 5) is 0. The van der Waals surface area contributed by atoms with Gasteiger partial charge in [0, 0.05) is 30.5 Å². The van der Waals surface area contributed by atoms with E-state index in [0.29, 0.717) is 6.42 Å². The van der Waals surface area contributed by atoms with E-state index in [9.17, 15) is 15.3 Å². The molecule has 0 aromatic heterocycles. The smallest absolute Gasteiger partial charge is 0.0798 e. The molecule has 4 atom stereocenters. The van der Waals surface area contributed by atoms with Gasteiger partial charge in [0.15, 0.2) is 0 Å². The predicted molar refractivity (Wildman–Crippen MR) is 69.2 cm³/mol. The van der Waals surface area contributed by atoms with E-state index in [2.05, 4.69) is 0 Å². The summed E-state index contributed by atoms with van der Waals surface area (Å²) in [5.74, 6) is 0.393. The number of alkyl halides is 3. The maximum absolute atomic E-state index is 9.51. The van der Waals surface area contributed by atoms with Crippen molar-refractivity contribution in [1.29, 1.82) is 0 Å². The minimum Gasteiger partial charge on any atom is -0.392 e. The van der Waals surface area contributed by atoms with Crippen LogP contribution in [0.1, 0.15) is 12.8 Å². The Morgan fingerprint density at radius 2 is 1.29 bits per heavy atom. The standard InChI is InChI=1S/C10H19Cl3O4/c11-3-7(14)1-9(16)6-17-10(5-13)2-8(15)4-12/h7-10,14-16H,1-6H2. The van der Waals surface area contributed by atoms with Gasteiger partial charge in [0.05, 0.1) is 31.0 Å². The van der Waals surface area contributed by atoms with Crippen LogP contribution in [0, 0.1) is 0 Å². The summed E-state index contributed by atoms with van der Waals surface area (Å²) in [7, 11) is 0. The first-order chi connectivity index (χ1) is 8.03. The third-order valence-corrected chi connectivity index (χ3v) is 3.19. The van der Waals surface area contributed by atoms with E-state index in [1.54, 1.807) is 0 Å². The van der Waals surface area contributed by atoms with Crippen LogP contribution >= 0.6 is 34.8 Å². The first-order valence-corrected chi connectivity index (χ1v) is 6.97. The molecule has 0 aliphatic carbocycles. The summed E-state index contributed by atoms with van der Waals surface area (Å²) < 4.78 is 5.32. The van der Waals surface area contributed by atoms with Crippen molar-refractivity contribution in [3.05, 3.63) is 0 Å². The third-order valence-electron chi connectivity index (χ3n) is 2.13. The normalized spacial score (nSPS) is 18.7. The molecular weight excluding hydrogens is 290 g/mol. The molecule has 0 fully saturated rings. The molecule has 0 heterocycles. The molecule has 0 aliphatic heterocycles. The fourth-order valence-corrected chi connectivity index (χ4v) is 1.70. The summed E-state index contributed by atoms with van der Waals surface area (Å²) in [5, 5.41) is 28.0. The van der Waals surface area contributed by atoms with E-state index in [1.807, 2.05) is 0 Å². The topological polar surface area (TPSA) is 69.9 Å². The van der Waals surface area contributed by atoms with E-state index in [1.165, 1.54) is 0 Å². The zero-order valence-electron chi connectivity index (χ0n) is 9.44. The van der Waals surface area contributed by atoms with E-state index in [4.69, 9.17) is 39.5 Å². The number of aliphatic hydroxyl groups is 3. The van der Waals surface area contributed by atoms with Crippen LogP contribution in [0.2, 0.25) is 0 Å². The molecule has 3 N–H and O–H groups in total. The van der Waals surface area contributed by atoms with Crippen molar-refractivity contribution in [2.24, 2.45) is 0 Å². The molecule has 0 aliphatic rings. The van der Waals surface area contributed by atoms with Crippen LogP contribution in [0.3, 0.4) is 0 Å². The van der Waals surface area contributed by atoms with Gasteiger partial charge in [-0.05, 0) is 0 Å². The van der Waals surface area contributed by atoms with Crippen molar-refractivity contribution < 1.29 is 20.1 Å². The van der Waals surface area contributed by atoms with E-state index < -0.39 is 18.3 Å². The highest BCUT2D eigenvalue weighted by molar-refractivity contribution is 6.18. The van der Waals surface area contributed by atoms with Gasteiger partial charge in [0.1, 0.15) is 0 Å². The molecule has 7 heteroatoms. The Kier molecular flexibility index (Phi) is 11.1. The summed E-state index contributed by atoms with van der Waals surface area (Å²) in [5.41, 5.74) is 0. The van der Waals surface area contributed by atoms with E-state index >= 15 is 0 Å². The second-order valence-corrected chi connectivity index (χ2v) is 4.78. The highest BCUT2D eigenvalue weighted by Gasteiger charge is 2.17. The average molecular weight is 310 g/mol. The van der Waals surface area contributed by atoms with Gasteiger partial charge < -0.3 is 20.1 Å². The molecule has 0 saturated heterocycles. The van der Waals surface area contributed by atoms with Crippen LogP contribution in [-0.4, -0.2) is 64.0 Å². The maximum Gasteiger partial charge on any atom is 0.0798 e. The van der Waals surface area contributed by atoms with Crippen LogP contribution in [0.15, 0.2) is 0 Å². The molecular formula is C10H19Cl3O4. The van der Waals surface area contributed by atoms with Gasteiger partial charge in [-0.25, -0.2) is 0 Å². The quantitative estimate of drug-likeness (QED) is 0.526. The number of aliphatic hydroxyl groups excluding tert-OH is 3. The second-order valence-electron chi connectivity index (χ2n) is 3.85. The molecule has 0 amide bonds. The van der Waals surface area contributed by atoms with Crippen molar-refractivity contribution in [1.82, 2.24) is 0 Å². The van der Waals surface area contributed by atoms with Crippen molar-refractivity contribution in [3.63, 3.8) is 0 Å². The molecule has 0 rings (SSSR count). The molecule has 0 radical (unpaired) electrons. The third kappa shape index (κ3) is 9.31. The summed E-state index contributed by atoms with van der Waals surface area (Å²) in [6.07, 6.45) is -2.13. The minimum absolute atomic E-state index is 0.0420. The monoisotopic (exact) mass is 308 g/mol. The fraction of sp³-hybridized carbons (Fsp3) is 1.00. The molecule has 4 nitrogen and oxygen atoms in total. The van der Waals surface area contributed by atoms with Gasteiger partial charge in [0.2, 0.25) is 0 Å². The number of halogens is 3. The number of ether oxygens (including phenoxy) is 1. The van der Waals surface area contributed by atoms with Crippen molar-refractivity contribution in [2.45, 2.75) is 37.3 Å². The Labute approximate surface area is 116 Å². The lowest BCUT2D eigenvalue weighted by molar-refractivity contribution is -0.0302. The molecule has 0 spiro atoms. The maximum atomic E-state index is 9.51. The molecule has 0 saturated carbocycles. The first-order valence-electron chi connectivity index (χ1n) is 5.37. The summed E-state index contributed by atoms with van der Waals surface area (Å²) >= 11 is 16.5. The van der Waals surface area contributed by atoms with E-state index in [0.717, 1.165) is 0 Å². The highest BCUT2D eigenvalue weighted by Crippen LogP contribution is 2.09. The molecule has 104 valence electrons. The lowest BCUT2D eigenvalue weighted by Gasteiger charge is -2.20. The van der Waals surface area contributed by atoms with Gasteiger partial charge in [-0.15, -0.1) is 34.8 Å². The van der Waals surface area contributed by atoms with Crippen LogP contribution in [0.25, 0.3) is 0 Å². The Morgan fingerprint density at radius 1 is 0.765 bits per heavy atom. The summed E-state index contributed by atoms with van der Waals surface area (Å²) in [6.45, 7) is 0.0420. The van der Waals surface area contributed by atoms with Crippen molar-refractivity contribution in [3.8, 4) is 0 Å². The lowest BCUT2D eigenvalue weighted by Crippen LogP contribution is -2.29. The zero-order valence-corrected chi connectivity index (χ0v) is 11.7. The Balaban J connectivity index is 3.81. The molecule has 0 aromatic carbocycles. The lowest BCUT2D eigenvalue weighted by atomic mass is 10.1. The Hall–Kier alpha value is 0.710. The fourth-order valence-electron chi connectivity index (χ4n) is 1.23. The first kappa shape index (κ1) is 17.7. The van der Waals surface area contributed by atoms with Crippen molar-refractivity contribution >= 4 is 34.8 Å². The van der Waals surface area contributed by atoms with Crippen LogP contribution in [0.5, 0.6) is 0 Å².